The molecular weight excluding hydrogens is 373 g/mol. The van der Waals surface area contributed by atoms with Crippen LogP contribution >= 0.6 is 23.2 Å². The first-order chi connectivity index (χ1) is 12.3. The molecule has 4 nitrogen and oxygen atoms in total. The molecule has 0 N–H and O–H groups in total. The fraction of sp³-hybridized carbons (Fsp3) is 0.200. The molecule has 2 aromatic carbocycles. The van der Waals surface area contributed by atoms with Crippen LogP contribution in [-0.4, -0.2) is 17.9 Å². The van der Waals surface area contributed by atoms with Crippen molar-refractivity contribution in [1.29, 1.82) is 0 Å². The molecule has 0 unspecified atom stereocenters. The lowest BCUT2D eigenvalue weighted by atomic mass is 10.1. The summed E-state index contributed by atoms with van der Waals surface area (Å²) in [6.07, 6.45) is 0.0418. The summed E-state index contributed by atoms with van der Waals surface area (Å²) in [4.78, 5) is 26.5. The maximum absolute atomic E-state index is 12.9. The van der Waals surface area contributed by atoms with Crippen molar-refractivity contribution >= 4 is 46.3 Å². The molecule has 0 atom stereocenters. The average molecular weight is 390 g/mol. The number of carbonyl (C=O) groups excluding carboxylic acids is 2. The Bertz CT molecular complexity index is 917. The number of halogens is 2. The van der Waals surface area contributed by atoms with Gasteiger partial charge in [-0.2, -0.15) is 0 Å². The van der Waals surface area contributed by atoms with Crippen LogP contribution in [0.15, 0.2) is 47.5 Å². The highest BCUT2D eigenvalue weighted by Crippen LogP contribution is 2.36. The second-order valence-electron chi connectivity index (χ2n) is 6.26. The highest BCUT2D eigenvalue weighted by atomic mass is 35.5. The van der Waals surface area contributed by atoms with Gasteiger partial charge in [-0.05, 0) is 56.2 Å². The fourth-order valence-electron chi connectivity index (χ4n) is 2.68. The summed E-state index contributed by atoms with van der Waals surface area (Å²) >= 11 is 12.3. The molecule has 0 bridgehead atoms. The van der Waals surface area contributed by atoms with Gasteiger partial charge in [0.1, 0.15) is 10.8 Å². The number of anilines is 1. The van der Waals surface area contributed by atoms with Gasteiger partial charge in [0.2, 0.25) is 0 Å². The lowest BCUT2D eigenvalue weighted by molar-refractivity contribution is -0.119. The number of benzene rings is 2. The van der Waals surface area contributed by atoms with Crippen molar-refractivity contribution in [3.63, 3.8) is 0 Å². The van der Waals surface area contributed by atoms with Gasteiger partial charge in [-0.1, -0.05) is 41.4 Å². The van der Waals surface area contributed by atoms with Gasteiger partial charge in [0.05, 0.1) is 17.4 Å². The molecule has 0 spiro atoms. The maximum atomic E-state index is 12.9. The molecule has 2 amide bonds. The first-order valence-corrected chi connectivity index (χ1v) is 8.87. The Hall–Kier alpha value is -2.30. The van der Waals surface area contributed by atoms with Crippen LogP contribution in [0, 0.1) is 6.92 Å². The number of amides is 2. The van der Waals surface area contributed by atoms with Gasteiger partial charge in [-0.3, -0.25) is 9.59 Å². The van der Waals surface area contributed by atoms with Crippen LogP contribution in [0.1, 0.15) is 25.0 Å². The summed E-state index contributed by atoms with van der Waals surface area (Å²) in [5.41, 5.74) is 1.98. The molecule has 6 heteroatoms. The van der Waals surface area contributed by atoms with Crippen LogP contribution in [0.4, 0.5) is 5.69 Å². The Labute approximate surface area is 162 Å². The van der Waals surface area contributed by atoms with E-state index >= 15 is 0 Å². The molecule has 0 fully saturated rings. The van der Waals surface area contributed by atoms with Crippen molar-refractivity contribution in [2.45, 2.75) is 26.9 Å². The zero-order chi connectivity index (χ0) is 19.0. The Balaban J connectivity index is 1.95. The van der Waals surface area contributed by atoms with Crippen molar-refractivity contribution in [3.8, 4) is 5.75 Å². The largest absolute Gasteiger partial charge is 0.491 e. The van der Waals surface area contributed by atoms with Gasteiger partial charge < -0.3 is 4.74 Å². The van der Waals surface area contributed by atoms with Crippen LogP contribution < -0.4 is 9.64 Å². The van der Waals surface area contributed by atoms with Gasteiger partial charge in [0.25, 0.3) is 11.8 Å². The molecule has 0 aromatic heterocycles. The molecule has 2 aromatic rings. The first kappa shape index (κ1) is 18.5. The van der Waals surface area contributed by atoms with E-state index in [1.807, 2.05) is 20.8 Å². The topological polar surface area (TPSA) is 46.6 Å². The molecule has 1 aliphatic heterocycles. The van der Waals surface area contributed by atoms with E-state index in [4.69, 9.17) is 27.9 Å². The Morgan fingerprint density at radius 2 is 1.62 bits per heavy atom. The normalized spacial score (nSPS) is 14.6. The highest BCUT2D eigenvalue weighted by molar-refractivity contribution is 6.60. The predicted molar refractivity (Wildman–Crippen MR) is 104 cm³/mol. The van der Waals surface area contributed by atoms with E-state index in [0.29, 0.717) is 22.0 Å². The number of hydrogen-bond acceptors (Lipinski definition) is 3. The van der Waals surface area contributed by atoms with E-state index in [0.717, 1.165) is 10.5 Å². The number of carbonyl (C=O) groups is 2. The first-order valence-electron chi connectivity index (χ1n) is 8.11. The minimum atomic E-state index is -0.561. The van der Waals surface area contributed by atoms with Crippen LogP contribution in [0.5, 0.6) is 5.75 Å². The van der Waals surface area contributed by atoms with Crippen molar-refractivity contribution in [2.75, 3.05) is 4.90 Å². The maximum Gasteiger partial charge on any atom is 0.277 e. The smallest absolute Gasteiger partial charge is 0.277 e. The van der Waals surface area contributed by atoms with Gasteiger partial charge in [0.15, 0.2) is 0 Å². The number of ether oxygens (including phenoxy) is 1. The summed E-state index contributed by atoms with van der Waals surface area (Å²) < 4.78 is 5.60. The van der Waals surface area contributed by atoms with Crippen molar-refractivity contribution in [1.82, 2.24) is 0 Å². The zero-order valence-corrected chi connectivity index (χ0v) is 16.1. The molecule has 26 heavy (non-hydrogen) atoms. The summed E-state index contributed by atoms with van der Waals surface area (Å²) in [6, 6.07) is 11.9. The standard InChI is InChI=1S/C20H17Cl2NO3/c1-11(2)26-15-8-5-13(6-9-15)17-18(22)20(25)23(19(17)24)14-7-4-12(3)16(21)10-14/h4-11H,1-3H3. The quantitative estimate of drug-likeness (QED) is 0.694. The van der Waals surface area contributed by atoms with Crippen LogP contribution in [0.25, 0.3) is 5.57 Å². The SMILES string of the molecule is Cc1ccc(N2C(=O)C(Cl)=C(c3ccc(OC(C)C)cc3)C2=O)cc1Cl. The molecule has 1 heterocycles. The molecule has 1 aliphatic rings. The lowest BCUT2D eigenvalue weighted by Gasteiger charge is -2.16. The number of rotatable bonds is 4. The minimum absolute atomic E-state index is 0.0418. The summed E-state index contributed by atoms with van der Waals surface area (Å²) in [5.74, 6) is -0.356. The number of hydrogen-bond donors (Lipinski definition) is 0. The fourth-order valence-corrected chi connectivity index (χ4v) is 3.13. The number of nitrogens with zero attached hydrogens (tertiary/aromatic N) is 1. The summed E-state index contributed by atoms with van der Waals surface area (Å²) in [7, 11) is 0. The molecule has 0 aliphatic carbocycles. The Morgan fingerprint density at radius 3 is 2.19 bits per heavy atom. The second-order valence-corrected chi connectivity index (χ2v) is 7.04. The molecule has 3 rings (SSSR count). The minimum Gasteiger partial charge on any atom is -0.491 e. The van der Waals surface area contributed by atoms with E-state index in [2.05, 4.69) is 0 Å². The highest BCUT2D eigenvalue weighted by Gasteiger charge is 2.39. The molecule has 0 radical (unpaired) electrons. The van der Waals surface area contributed by atoms with Gasteiger partial charge >= 0.3 is 0 Å². The van der Waals surface area contributed by atoms with Crippen molar-refractivity contribution in [2.24, 2.45) is 0 Å². The third kappa shape index (κ3) is 3.35. The Morgan fingerprint density at radius 1 is 0.962 bits per heavy atom. The van der Waals surface area contributed by atoms with Gasteiger partial charge in [-0.15, -0.1) is 0 Å². The van der Waals surface area contributed by atoms with Crippen molar-refractivity contribution < 1.29 is 14.3 Å². The van der Waals surface area contributed by atoms with Gasteiger partial charge in [0, 0.05) is 5.02 Å². The van der Waals surface area contributed by atoms with Crippen LogP contribution in [0.2, 0.25) is 5.02 Å². The van der Waals surface area contributed by atoms with E-state index in [1.54, 1.807) is 42.5 Å². The number of aryl methyl sites for hydroxylation is 1. The zero-order valence-electron chi connectivity index (χ0n) is 14.5. The predicted octanol–water partition coefficient (Wildman–Crippen LogP) is 4.96. The molecule has 134 valence electrons. The monoisotopic (exact) mass is 389 g/mol. The second kappa shape index (κ2) is 7.14. The molecule has 0 saturated carbocycles. The van der Waals surface area contributed by atoms with Gasteiger partial charge in [-0.25, -0.2) is 4.90 Å². The third-order valence-electron chi connectivity index (χ3n) is 3.96. The lowest BCUT2D eigenvalue weighted by Crippen LogP contribution is -2.31. The molecular formula is C20H17Cl2NO3. The average Bonchev–Trinajstić information content (AvgIpc) is 2.80. The number of imide groups is 1. The van der Waals surface area contributed by atoms with Crippen molar-refractivity contribution in [3.05, 3.63) is 63.6 Å². The van der Waals surface area contributed by atoms with E-state index in [1.165, 1.54) is 0 Å². The van der Waals surface area contributed by atoms with E-state index in [9.17, 15) is 9.59 Å². The third-order valence-corrected chi connectivity index (χ3v) is 4.71. The summed E-state index contributed by atoms with van der Waals surface area (Å²) in [5, 5.41) is 0.368. The summed E-state index contributed by atoms with van der Waals surface area (Å²) in [6.45, 7) is 5.70. The Kier molecular flexibility index (Phi) is 5.08. The van der Waals surface area contributed by atoms with E-state index < -0.39 is 11.8 Å². The van der Waals surface area contributed by atoms with Crippen LogP contribution in [0.3, 0.4) is 0 Å². The molecule has 0 saturated heterocycles. The van der Waals surface area contributed by atoms with Crippen LogP contribution in [-0.2, 0) is 9.59 Å². The van der Waals surface area contributed by atoms with E-state index in [-0.39, 0.29) is 16.7 Å².